The third-order valence-electron chi connectivity index (χ3n) is 4.71. The maximum atomic E-state index is 12.9. The second-order valence-corrected chi connectivity index (χ2v) is 8.39. The summed E-state index contributed by atoms with van der Waals surface area (Å²) in [4.78, 5) is 3.04. The van der Waals surface area contributed by atoms with Gasteiger partial charge in [-0.1, -0.05) is 24.3 Å². The summed E-state index contributed by atoms with van der Waals surface area (Å²) < 4.78 is 25.8. The van der Waals surface area contributed by atoms with Crippen molar-refractivity contribution in [2.75, 3.05) is 25.5 Å². The molecule has 128 valence electrons. The smallest absolute Gasteiger partial charge is 0.206 e. The number of hydrogen-bond acceptors (Lipinski definition) is 4. The molecule has 1 aliphatic heterocycles. The number of sulfone groups is 1. The van der Waals surface area contributed by atoms with Crippen LogP contribution in [-0.2, 0) is 9.84 Å². The first-order valence-corrected chi connectivity index (χ1v) is 9.81. The topological polar surface area (TPSA) is 49.4 Å². The van der Waals surface area contributed by atoms with Gasteiger partial charge in [0.05, 0.1) is 9.79 Å². The standard InChI is InChI=1S/C19H24N2O2S/c1-15-18(20-16-11-13-21(2)14-12-16)9-6-10-19(15)24(22,23)17-7-4-3-5-8-17/h3-10,16,20H,11-14H2,1-2H3. The van der Waals surface area contributed by atoms with Gasteiger partial charge in [0.25, 0.3) is 0 Å². The van der Waals surface area contributed by atoms with Crippen LogP contribution in [0.15, 0.2) is 58.3 Å². The molecule has 24 heavy (non-hydrogen) atoms. The second kappa shape index (κ2) is 6.95. The first-order chi connectivity index (χ1) is 11.5. The summed E-state index contributed by atoms with van der Waals surface area (Å²) in [6, 6.07) is 14.5. The molecule has 1 fully saturated rings. The van der Waals surface area contributed by atoms with E-state index < -0.39 is 9.84 Å². The molecule has 0 unspecified atom stereocenters. The molecule has 0 bridgehead atoms. The fourth-order valence-corrected chi connectivity index (χ4v) is 4.70. The van der Waals surface area contributed by atoms with Crippen molar-refractivity contribution < 1.29 is 8.42 Å². The zero-order valence-electron chi connectivity index (χ0n) is 14.2. The van der Waals surface area contributed by atoms with Crippen LogP contribution in [0.5, 0.6) is 0 Å². The minimum absolute atomic E-state index is 0.338. The van der Waals surface area contributed by atoms with E-state index in [2.05, 4.69) is 17.3 Å². The SMILES string of the molecule is Cc1c(NC2CCN(C)CC2)cccc1S(=O)(=O)c1ccccc1. The van der Waals surface area contributed by atoms with Crippen LogP contribution in [0.3, 0.4) is 0 Å². The fraction of sp³-hybridized carbons (Fsp3) is 0.368. The van der Waals surface area contributed by atoms with Crippen LogP contribution in [0.1, 0.15) is 18.4 Å². The molecule has 1 N–H and O–H groups in total. The lowest BCUT2D eigenvalue weighted by molar-refractivity contribution is 0.264. The van der Waals surface area contributed by atoms with Gasteiger partial charge in [0.1, 0.15) is 0 Å². The van der Waals surface area contributed by atoms with Crippen molar-refractivity contribution in [3.05, 3.63) is 54.1 Å². The number of nitrogens with zero attached hydrogens (tertiary/aromatic N) is 1. The molecule has 0 aliphatic carbocycles. The highest BCUT2D eigenvalue weighted by molar-refractivity contribution is 7.91. The van der Waals surface area contributed by atoms with Crippen LogP contribution in [0.25, 0.3) is 0 Å². The van der Waals surface area contributed by atoms with Crippen LogP contribution in [0.4, 0.5) is 5.69 Å². The third kappa shape index (κ3) is 3.47. The van der Waals surface area contributed by atoms with E-state index in [4.69, 9.17) is 0 Å². The molecule has 0 aromatic heterocycles. The zero-order valence-corrected chi connectivity index (χ0v) is 15.0. The van der Waals surface area contributed by atoms with Gasteiger partial charge in [0.2, 0.25) is 9.84 Å². The number of rotatable bonds is 4. The quantitative estimate of drug-likeness (QED) is 0.924. The van der Waals surface area contributed by atoms with Crippen molar-refractivity contribution in [1.82, 2.24) is 4.90 Å². The highest BCUT2D eigenvalue weighted by Gasteiger charge is 2.22. The van der Waals surface area contributed by atoms with Crippen molar-refractivity contribution >= 4 is 15.5 Å². The molecular formula is C19H24N2O2S. The lowest BCUT2D eigenvalue weighted by atomic mass is 10.0. The molecule has 2 aromatic carbocycles. The molecule has 0 atom stereocenters. The minimum atomic E-state index is -3.49. The van der Waals surface area contributed by atoms with E-state index in [1.165, 1.54) is 0 Å². The van der Waals surface area contributed by atoms with Gasteiger partial charge < -0.3 is 10.2 Å². The summed E-state index contributed by atoms with van der Waals surface area (Å²) in [5, 5.41) is 3.54. The normalized spacial score (nSPS) is 16.9. The van der Waals surface area contributed by atoms with E-state index in [0.29, 0.717) is 15.8 Å². The molecule has 2 aromatic rings. The maximum Gasteiger partial charge on any atom is 0.206 e. The van der Waals surface area contributed by atoms with E-state index in [1.807, 2.05) is 25.1 Å². The Kier molecular flexibility index (Phi) is 4.92. The van der Waals surface area contributed by atoms with Crippen LogP contribution in [-0.4, -0.2) is 39.5 Å². The van der Waals surface area contributed by atoms with Gasteiger partial charge in [-0.2, -0.15) is 0 Å². The summed E-state index contributed by atoms with van der Waals surface area (Å²) in [5.74, 6) is 0. The van der Waals surface area contributed by atoms with E-state index in [-0.39, 0.29) is 0 Å². The summed E-state index contributed by atoms with van der Waals surface area (Å²) in [6.45, 7) is 4.02. The van der Waals surface area contributed by atoms with Crippen molar-refractivity contribution in [1.29, 1.82) is 0 Å². The molecule has 0 radical (unpaired) electrons. The number of benzene rings is 2. The molecule has 0 saturated carbocycles. The molecular weight excluding hydrogens is 320 g/mol. The Balaban J connectivity index is 1.89. The monoisotopic (exact) mass is 344 g/mol. The van der Waals surface area contributed by atoms with Crippen molar-refractivity contribution in [3.8, 4) is 0 Å². The average Bonchev–Trinajstić information content (AvgIpc) is 2.59. The van der Waals surface area contributed by atoms with Crippen LogP contribution in [0, 0.1) is 6.92 Å². The predicted molar refractivity (Wildman–Crippen MR) is 97.2 cm³/mol. The predicted octanol–water partition coefficient (Wildman–Crippen LogP) is 3.33. The van der Waals surface area contributed by atoms with Crippen molar-refractivity contribution in [3.63, 3.8) is 0 Å². The number of anilines is 1. The first-order valence-electron chi connectivity index (χ1n) is 8.33. The number of piperidine rings is 1. The third-order valence-corrected chi connectivity index (χ3v) is 6.62. The van der Waals surface area contributed by atoms with E-state index in [0.717, 1.165) is 37.2 Å². The Hall–Kier alpha value is -1.85. The number of likely N-dealkylation sites (tertiary alicyclic amines) is 1. The lowest BCUT2D eigenvalue weighted by Crippen LogP contribution is -2.36. The van der Waals surface area contributed by atoms with E-state index in [1.54, 1.807) is 30.3 Å². The molecule has 3 rings (SSSR count). The zero-order chi connectivity index (χ0) is 17.2. The van der Waals surface area contributed by atoms with Crippen LogP contribution in [0.2, 0.25) is 0 Å². The fourth-order valence-electron chi connectivity index (χ4n) is 3.16. The van der Waals surface area contributed by atoms with Gasteiger partial charge in [0.15, 0.2) is 0 Å². The Morgan fingerprint density at radius 1 is 1.00 bits per heavy atom. The summed E-state index contributed by atoms with van der Waals surface area (Å²) >= 11 is 0. The van der Waals surface area contributed by atoms with Gasteiger partial charge >= 0.3 is 0 Å². The number of hydrogen-bond donors (Lipinski definition) is 1. The Labute approximate surface area is 144 Å². The van der Waals surface area contributed by atoms with Gasteiger partial charge in [-0.25, -0.2) is 8.42 Å². The maximum absolute atomic E-state index is 12.9. The molecule has 0 amide bonds. The van der Waals surface area contributed by atoms with Crippen molar-refractivity contribution in [2.24, 2.45) is 0 Å². The Morgan fingerprint density at radius 2 is 1.67 bits per heavy atom. The van der Waals surface area contributed by atoms with Crippen molar-refractivity contribution in [2.45, 2.75) is 35.6 Å². The highest BCUT2D eigenvalue weighted by atomic mass is 32.2. The van der Waals surface area contributed by atoms with Gasteiger partial charge in [-0.3, -0.25) is 0 Å². The largest absolute Gasteiger partial charge is 0.382 e. The summed E-state index contributed by atoms with van der Waals surface area (Å²) in [7, 11) is -1.36. The second-order valence-electron chi connectivity index (χ2n) is 6.47. The highest BCUT2D eigenvalue weighted by Crippen LogP contribution is 2.29. The average molecular weight is 344 g/mol. The van der Waals surface area contributed by atoms with Crippen LogP contribution >= 0.6 is 0 Å². The molecule has 4 nitrogen and oxygen atoms in total. The van der Waals surface area contributed by atoms with Gasteiger partial charge in [-0.05, 0) is 69.7 Å². The molecule has 1 heterocycles. The first kappa shape index (κ1) is 17.0. The Bertz CT molecular complexity index is 795. The molecule has 1 aliphatic rings. The van der Waals surface area contributed by atoms with Crippen LogP contribution < -0.4 is 5.32 Å². The summed E-state index contributed by atoms with van der Waals surface area (Å²) in [6.07, 6.45) is 2.15. The molecule has 0 spiro atoms. The Morgan fingerprint density at radius 3 is 2.33 bits per heavy atom. The minimum Gasteiger partial charge on any atom is -0.382 e. The van der Waals surface area contributed by atoms with Gasteiger partial charge in [0, 0.05) is 11.7 Å². The molecule has 5 heteroatoms. The van der Waals surface area contributed by atoms with E-state index >= 15 is 0 Å². The number of nitrogens with one attached hydrogen (secondary N) is 1. The van der Waals surface area contributed by atoms with Gasteiger partial charge in [-0.15, -0.1) is 0 Å². The summed E-state index contributed by atoms with van der Waals surface area (Å²) in [5.41, 5.74) is 1.71. The molecule has 1 saturated heterocycles. The van der Waals surface area contributed by atoms with E-state index in [9.17, 15) is 8.42 Å². The lowest BCUT2D eigenvalue weighted by Gasteiger charge is -2.30.